The number of hydrogen-bond acceptors (Lipinski definition) is 4. The molecule has 3 aromatic carbocycles. The summed E-state index contributed by atoms with van der Waals surface area (Å²) in [7, 11) is 2.04. The third-order valence-electron chi connectivity index (χ3n) is 6.53. The molecule has 2 atom stereocenters. The van der Waals surface area contributed by atoms with Crippen molar-refractivity contribution in [3.8, 4) is 11.1 Å². The fourth-order valence-corrected chi connectivity index (χ4v) is 4.70. The monoisotopic (exact) mass is 494 g/mol. The van der Waals surface area contributed by atoms with Crippen LogP contribution in [0.3, 0.4) is 0 Å². The van der Waals surface area contributed by atoms with Crippen LogP contribution in [0.2, 0.25) is 0 Å². The van der Waals surface area contributed by atoms with Gasteiger partial charge in [0, 0.05) is 38.3 Å². The van der Waals surface area contributed by atoms with Gasteiger partial charge in [0.1, 0.15) is 11.6 Å². The Kier molecular flexibility index (Phi) is 8.46. The van der Waals surface area contributed by atoms with Gasteiger partial charge in [-0.05, 0) is 60.8 Å². The van der Waals surface area contributed by atoms with Gasteiger partial charge in [0.25, 0.3) is 5.91 Å². The number of nitrogens with one attached hydrogen (secondary N) is 1. The van der Waals surface area contributed by atoms with E-state index in [1.54, 1.807) is 18.2 Å². The molecule has 1 aliphatic rings. The number of aliphatic hydroxyl groups excluding tert-OH is 1. The Balaban J connectivity index is 1.46. The van der Waals surface area contributed by atoms with E-state index < -0.39 is 29.7 Å². The SMILES string of the molecule is CCOCCCN(C)Cc1ccc2c(c1)C(NC(=O)c1ccc(-c3ccccc3F)cc1F)[C@H](O)C2. The van der Waals surface area contributed by atoms with Crippen LogP contribution in [0.25, 0.3) is 11.1 Å². The molecule has 0 radical (unpaired) electrons. The van der Waals surface area contributed by atoms with Gasteiger partial charge in [-0.2, -0.15) is 0 Å². The number of carbonyl (C=O) groups is 1. The lowest BCUT2D eigenvalue weighted by Gasteiger charge is -2.20. The zero-order valence-electron chi connectivity index (χ0n) is 20.6. The molecular formula is C29H32F2N2O3. The Hall–Kier alpha value is -3.13. The van der Waals surface area contributed by atoms with Gasteiger partial charge >= 0.3 is 0 Å². The topological polar surface area (TPSA) is 61.8 Å². The number of aliphatic hydroxyl groups is 1. The summed E-state index contributed by atoms with van der Waals surface area (Å²) in [6.45, 7) is 5.03. The highest BCUT2D eigenvalue weighted by atomic mass is 19.1. The lowest BCUT2D eigenvalue weighted by atomic mass is 10.0. The molecule has 2 N–H and O–H groups in total. The molecule has 0 aliphatic heterocycles. The second-order valence-corrected chi connectivity index (χ2v) is 9.22. The van der Waals surface area contributed by atoms with Gasteiger partial charge in [-0.1, -0.05) is 42.5 Å². The zero-order valence-corrected chi connectivity index (χ0v) is 20.6. The third-order valence-corrected chi connectivity index (χ3v) is 6.53. The van der Waals surface area contributed by atoms with Gasteiger partial charge in [-0.15, -0.1) is 0 Å². The Bertz CT molecular complexity index is 1220. The zero-order chi connectivity index (χ0) is 25.7. The molecule has 1 amide bonds. The number of nitrogens with zero attached hydrogens (tertiary/aromatic N) is 1. The van der Waals surface area contributed by atoms with E-state index in [9.17, 15) is 18.7 Å². The Morgan fingerprint density at radius 3 is 2.67 bits per heavy atom. The van der Waals surface area contributed by atoms with E-state index in [1.165, 1.54) is 18.2 Å². The number of amides is 1. The summed E-state index contributed by atoms with van der Waals surface area (Å²) in [4.78, 5) is 15.2. The minimum absolute atomic E-state index is 0.152. The second kappa shape index (κ2) is 11.7. The van der Waals surface area contributed by atoms with Crippen molar-refractivity contribution in [1.29, 1.82) is 0 Å². The van der Waals surface area contributed by atoms with Crippen LogP contribution in [0.15, 0.2) is 60.7 Å². The van der Waals surface area contributed by atoms with Crippen molar-refractivity contribution in [3.63, 3.8) is 0 Å². The number of halogens is 2. The standard InChI is InChI=1S/C29H32F2N2O3/c1-3-36-14-6-13-33(2)18-19-9-10-21-17-27(34)28(24(21)15-19)32-29(35)23-12-11-20(16-26(23)31)22-7-4-5-8-25(22)30/h4-5,7-12,15-16,27-28,34H,3,6,13-14,17-18H2,1-2H3,(H,32,35)/t27-,28?/m1/s1. The molecule has 5 nitrogen and oxygen atoms in total. The molecule has 0 spiro atoms. The molecule has 1 unspecified atom stereocenters. The van der Waals surface area contributed by atoms with Crippen molar-refractivity contribution in [2.24, 2.45) is 0 Å². The Morgan fingerprint density at radius 1 is 1.11 bits per heavy atom. The molecule has 36 heavy (non-hydrogen) atoms. The normalized spacial score (nSPS) is 16.8. The molecule has 0 aromatic heterocycles. The van der Waals surface area contributed by atoms with E-state index in [-0.39, 0.29) is 11.1 Å². The highest BCUT2D eigenvalue weighted by Crippen LogP contribution is 2.33. The first-order chi connectivity index (χ1) is 17.4. The smallest absolute Gasteiger partial charge is 0.254 e. The van der Waals surface area contributed by atoms with Crippen molar-refractivity contribution < 1.29 is 23.4 Å². The molecule has 0 saturated heterocycles. The van der Waals surface area contributed by atoms with Crippen molar-refractivity contribution in [2.45, 2.75) is 38.5 Å². The molecule has 0 fully saturated rings. The quantitative estimate of drug-likeness (QED) is 0.395. The van der Waals surface area contributed by atoms with Crippen molar-refractivity contribution in [2.75, 3.05) is 26.8 Å². The van der Waals surface area contributed by atoms with Crippen molar-refractivity contribution in [3.05, 3.63) is 94.6 Å². The van der Waals surface area contributed by atoms with Crippen LogP contribution in [0.1, 0.15) is 46.4 Å². The van der Waals surface area contributed by atoms with Gasteiger partial charge in [-0.3, -0.25) is 4.79 Å². The summed E-state index contributed by atoms with van der Waals surface area (Å²) in [5.74, 6) is -1.83. The Morgan fingerprint density at radius 2 is 1.92 bits per heavy atom. The summed E-state index contributed by atoms with van der Waals surface area (Å²) in [6.07, 6.45) is 0.553. The van der Waals surface area contributed by atoms with Crippen LogP contribution in [0.5, 0.6) is 0 Å². The number of rotatable bonds is 10. The summed E-state index contributed by atoms with van der Waals surface area (Å²) < 4.78 is 34.4. The first kappa shape index (κ1) is 25.9. The minimum atomic E-state index is -0.802. The maximum Gasteiger partial charge on any atom is 0.254 e. The maximum atomic E-state index is 14.9. The van der Waals surface area contributed by atoms with Crippen molar-refractivity contribution in [1.82, 2.24) is 10.2 Å². The van der Waals surface area contributed by atoms with Crippen LogP contribution in [-0.4, -0.2) is 48.8 Å². The second-order valence-electron chi connectivity index (χ2n) is 9.22. The summed E-state index contributed by atoms with van der Waals surface area (Å²) in [5.41, 5.74) is 3.34. The van der Waals surface area contributed by atoms with Crippen LogP contribution in [0.4, 0.5) is 8.78 Å². The Labute approximate surface area is 210 Å². The van der Waals surface area contributed by atoms with Gasteiger partial charge < -0.3 is 20.1 Å². The first-order valence-electron chi connectivity index (χ1n) is 12.3. The van der Waals surface area contributed by atoms with Crippen LogP contribution in [0, 0.1) is 11.6 Å². The molecule has 4 rings (SSSR count). The molecular weight excluding hydrogens is 462 g/mol. The highest BCUT2D eigenvalue weighted by molar-refractivity contribution is 5.95. The predicted molar refractivity (Wildman–Crippen MR) is 136 cm³/mol. The fraction of sp³-hybridized carbons (Fsp3) is 0.345. The largest absolute Gasteiger partial charge is 0.390 e. The molecule has 1 aliphatic carbocycles. The predicted octanol–water partition coefficient (Wildman–Crippen LogP) is 4.88. The summed E-state index contributed by atoms with van der Waals surface area (Å²) in [5, 5.41) is 13.5. The van der Waals surface area contributed by atoms with Gasteiger partial charge in [0.05, 0.1) is 17.7 Å². The van der Waals surface area contributed by atoms with E-state index in [0.717, 1.165) is 48.9 Å². The first-order valence-corrected chi connectivity index (χ1v) is 12.3. The van der Waals surface area contributed by atoms with Gasteiger partial charge in [0.15, 0.2) is 0 Å². The van der Waals surface area contributed by atoms with Gasteiger partial charge in [0.2, 0.25) is 0 Å². The fourth-order valence-electron chi connectivity index (χ4n) is 4.70. The van der Waals surface area contributed by atoms with E-state index >= 15 is 0 Å². The van der Waals surface area contributed by atoms with Crippen molar-refractivity contribution >= 4 is 5.91 Å². The van der Waals surface area contributed by atoms with Gasteiger partial charge in [-0.25, -0.2) is 8.78 Å². The van der Waals surface area contributed by atoms with Crippen LogP contribution in [-0.2, 0) is 17.7 Å². The molecule has 0 bridgehead atoms. The van der Waals surface area contributed by atoms with Crippen LogP contribution >= 0.6 is 0 Å². The number of fused-ring (bicyclic) bond motifs is 1. The molecule has 0 heterocycles. The van der Waals surface area contributed by atoms with E-state index in [1.807, 2.05) is 32.2 Å². The molecule has 3 aromatic rings. The summed E-state index contributed by atoms with van der Waals surface area (Å²) >= 11 is 0. The minimum Gasteiger partial charge on any atom is -0.390 e. The third kappa shape index (κ3) is 5.98. The lowest BCUT2D eigenvalue weighted by molar-refractivity contribution is 0.0854. The van der Waals surface area contributed by atoms with Crippen LogP contribution < -0.4 is 5.32 Å². The highest BCUT2D eigenvalue weighted by Gasteiger charge is 2.33. The molecule has 190 valence electrons. The average Bonchev–Trinajstić information content (AvgIpc) is 3.16. The number of ether oxygens (including phenoxy) is 1. The maximum absolute atomic E-state index is 14.9. The van der Waals surface area contributed by atoms with E-state index in [4.69, 9.17) is 4.74 Å². The van der Waals surface area contributed by atoms with E-state index in [2.05, 4.69) is 10.2 Å². The average molecular weight is 495 g/mol. The number of hydrogen-bond donors (Lipinski definition) is 2. The molecule has 0 saturated carbocycles. The van der Waals surface area contributed by atoms with E-state index in [0.29, 0.717) is 18.6 Å². The molecule has 7 heteroatoms. The summed E-state index contributed by atoms with van der Waals surface area (Å²) in [6, 6.07) is 15.5. The lowest BCUT2D eigenvalue weighted by Crippen LogP contribution is -2.34. The number of carbonyl (C=O) groups excluding carboxylic acids is 1. The number of benzene rings is 3.